The molecule has 2 aromatic rings. The van der Waals surface area contributed by atoms with E-state index in [0.29, 0.717) is 0 Å². The van der Waals surface area contributed by atoms with E-state index in [2.05, 4.69) is 51.6 Å². The Morgan fingerprint density at radius 1 is 1.48 bits per heavy atom. The second kappa shape index (κ2) is 7.77. The van der Waals surface area contributed by atoms with Crippen molar-refractivity contribution in [3.05, 3.63) is 37.2 Å². The second-order valence-corrected chi connectivity index (χ2v) is 7.73. The first-order valence-corrected chi connectivity index (χ1v) is 9.30. The summed E-state index contributed by atoms with van der Waals surface area (Å²) in [6.45, 7) is 8.09. The maximum atomic E-state index is 6.45. The molecule has 3 nitrogen and oxygen atoms in total. The summed E-state index contributed by atoms with van der Waals surface area (Å²) in [5.74, 6) is 0. The van der Waals surface area contributed by atoms with Gasteiger partial charge in [-0.3, -0.25) is 4.68 Å². The lowest BCUT2D eigenvalue weighted by atomic mass is 10.0. The summed E-state index contributed by atoms with van der Waals surface area (Å²) in [6.07, 6.45) is 1.97. The number of aryl methyl sites for hydroxylation is 2. The highest BCUT2D eigenvalue weighted by Gasteiger charge is 2.19. The van der Waals surface area contributed by atoms with Crippen LogP contribution in [-0.2, 0) is 13.0 Å². The van der Waals surface area contributed by atoms with Crippen molar-refractivity contribution < 1.29 is 0 Å². The molecule has 6 heteroatoms. The third kappa shape index (κ3) is 4.09. The van der Waals surface area contributed by atoms with Crippen molar-refractivity contribution in [2.24, 2.45) is 0 Å². The minimum Gasteiger partial charge on any atom is -0.310 e. The number of nitrogens with zero attached hydrogens (tertiary/aromatic N) is 2. The summed E-state index contributed by atoms with van der Waals surface area (Å²) in [5.41, 5.74) is 3.33. The Hall–Kier alpha value is -0.360. The normalized spacial score (nSPS) is 12.8. The molecule has 0 saturated heterocycles. The highest BCUT2D eigenvalue weighted by molar-refractivity contribution is 9.11. The van der Waals surface area contributed by atoms with Gasteiger partial charge in [-0.1, -0.05) is 18.5 Å². The maximum absolute atomic E-state index is 6.45. The number of nitrogens with one attached hydrogen (secondary N) is 1. The highest BCUT2D eigenvalue weighted by Crippen LogP contribution is 2.30. The van der Waals surface area contributed by atoms with E-state index in [1.54, 1.807) is 11.3 Å². The van der Waals surface area contributed by atoms with Crippen molar-refractivity contribution in [3.8, 4) is 0 Å². The van der Waals surface area contributed by atoms with Crippen LogP contribution < -0.4 is 5.32 Å². The van der Waals surface area contributed by atoms with Crippen molar-refractivity contribution in [2.45, 2.75) is 46.2 Å². The van der Waals surface area contributed by atoms with Crippen LogP contribution in [0.15, 0.2) is 15.2 Å². The molecule has 2 aromatic heterocycles. The molecule has 0 aliphatic heterocycles. The Morgan fingerprint density at radius 2 is 2.24 bits per heavy atom. The summed E-state index contributed by atoms with van der Waals surface area (Å²) in [4.78, 5) is 0. The van der Waals surface area contributed by atoms with E-state index in [9.17, 15) is 0 Å². The molecule has 1 atom stereocenters. The van der Waals surface area contributed by atoms with Crippen LogP contribution in [0.2, 0.25) is 5.02 Å². The monoisotopic (exact) mass is 389 g/mol. The van der Waals surface area contributed by atoms with Crippen LogP contribution in [0.1, 0.15) is 43.3 Å². The Bertz CT molecular complexity index is 594. The van der Waals surface area contributed by atoms with Crippen molar-refractivity contribution in [2.75, 3.05) is 6.54 Å². The van der Waals surface area contributed by atoms with E-state index in [1.165, 1.54) is 5.56 Å². The average Bonchev–Trinajstić information content (AvgIpc) is 3.01. The molecule has 1 N–H and O–H groups in total. The van der Waals surface area contributed by atoms with E-state index >= 15 is 0 Å². The molecule has 0 fully saturated rings. The zero-order valence-electron chi connectivity index (χ0n) is 12.6. The van der Waals surface area contributed by atoms with E-state index in [-0.39, 0.29) is 6.04 Å². The number of aromatic nitrogens is 2. The molecule has 1 unspecified atom stereocenters. The van der Waals surface area contributed by atoms with Gasteiger partial charge in [0.15, 0.2) is 0 Å². The fraction of sp³-hybridized carbons (Fsp3) is 0.533. The van der Waals surface area contributed by atoms with Gasteiger partial charge in [0.2, 0.25) is 0 Å². The van der Waals surface area contributed by atoms with E-state index in [1.807, 2.05) is 11.6 Å². The number of hydrogen-bond donors (Lipinski definition) is 1. The lowest BCUT2D eigenvalue weighted by Gasteiger charge is -2.18. The third-order valence-electron chi connectivity index (χ3n) is 3.48. The van der Waals surface area contributed by atoms with Gasteiger partial charge >= 0.3 is 0 Å². The zero-order valence-corrected chi connectivity index (χ0v) is 15.8. The van der Waals surface area contributed by atoms with Crippen LogP contribution in [0.4, 0.5) is 0 Å². The average molecular weight is 391 g/mol. The van der Waals surface area contributed by atoms with E-state index in [0.717, 1.165) is 46.1 Å². The summed E-state index contributed by atoms with van der Waals surface area (Å²) in [6, 6.07) is 2.46. The standard InChI is InChI=1S/C15H21BrClN3S/c1-4-6-18-12(11-7-14(16)21-9-11)8-13-15(17)10(3)19-20(13)5-2/h7,9,12,18H,4-6,8H2,1-3H3. The molecule has 0 aliphatic carbocycles. The predicted octanol–water partition coefficient (Wildman–Crippen LogP) is 4.97. The number of rotatable bonds is 7. The number of hydrogen-bond acceptors (Lipinski definition) is 3. The first-order chi connectivity index (χ1) is 10.1. The van der Waals surface area contributed by atoms with E-state index < -0.39 is 0 Å². The zero-order chi connectivity index (χ0) is 15.4. The first kappa shape index (κ1) is 17.0. The number of thiophene rings is 1. The fourth-order valence-corrected chi connectivity index (χ4v) is 3.83. The van der Waals surface area contributed by atoms with Crippen LogP contribution >= 0.6 is 38.9 Å². The van der Waals surface area contributed by atoms with Gasteiger partial charge in [0.05, 0.1) is 20.2 Å². The molecule has 0 saturated carbocycles. The van der Waals surface area contributed by atoms with Crippen molar-refractivity contribution >= 4 is 38.9 Å². The minimum absolute atomic E-state index is 0.270. The van der Waals surface area contributed by atoms with Gasteiger partial charge in [-0.2, -0.15) is 5.10 Å². The smallest absolute Gasteiger partial charge is 0.0847 e. The lowest BCUT2D eigenvalue weighted by molar-refractivity contribution is 0.503. The van der Waals surface area contributed by atoms with Crippen LogP contribution in [-0.4, -0.2) is 16.3 Å². The van der Waals surface area contributed by atoms with Crippen LogP contribution in [0, 0.1) is 6.92 Å². The topological polar surface area (TPSA) is 29.9 Å². The molecular weight excluding hydrogens is 370 g/mol. The van der Waals surface area contributed by atoms with Crippen molar-refractivity contribution in [1.29, 1.82) is 0 Å². The van der Waals surface area contributed by atoms with E-state index in [4.69, 9.17) is 11.6 Å². The molecule has 0 aromatic carbocycles. The molecular formula is C15H21BrClN3S. The van der Waals surface area contributed by atoms with Gasteiger partial charge in [0, 0.05) is 19.0 Å². The third-order valence-corrected chi connectivity index (χ3v) is 5.50. The molecule has 0 radical (unpaired) electrons. The maximum Gasteiger partial charge on any atom is 0.0847 e. The lowest BCUT2D eigenvalue weighted by Crippen LogP contribution is -2.25. The summed E-state index contributed by atoms with van der Waals surface area (Å²) < 4.78 is 3.17. The Kier molecular flexibility index (Phi) is 6.29. The Balaban J connectivity index is 2.26. The molecule has 21 heavy (non-hydrogen) atoms. The largest absolute Gasteiger partial charge is 0.310 e. The summed E-state index contributed by atoms with van der Waals surface area (Å²) in [5, 5.41) is 11.1. The molecule has 116 valence electrons. The SMILES string of the molecule is CCCNC(Cc1c(Cl)c(C)nn1CC)c1csc(Br)c1. The summed E-state index contributed by atoms with van der Waals surface area (Å²) >= 11 is 11.7. The Morgan fingerprint density at radius 3 is 2.81 bits per heavy atom. The quantitative estimate of drug-likeness (QED) is 0.723. The molecule has 2 heterocycles. The highest BCUT2D eigenvalue weighted by atomic mass is 79.9. The molecule has 0 spiro atoms. The molecule has 0 amide bonds. The van der Waals surface area contributed by atoms with Gasteiger partial charge in [-0.25, -0.2) is 0 Å². The predicted molar refractivity (Wildman–Crippen MR) is 94.4 cm³/mol. The fourth-order valence-electron chi connectivity index (χ4n) is 2.39. The van der Waals surface area contributed by atoms with Crippen molar-refractivity contribution in [3.63, 3.8) is 0 Å². The Labute approximate surface area is 143 Å². The van der Waals surface area contributed by atoms with Crippen LogP contribution in [0.25, 0.3) is 0 Å². The number of halogens is 2. The van der Waals surface area contributed by atoms with Gasteiger partial charge in [-0.05, 0) is 59.8 Å². The second-order valence-electron chi connectivity index (χ2n) is 5.06. The molecule has 0 bridgehead atoms. The van der Waals surface area contributed by atoms with Gasteiger partial charge in [-0.15, -0.1) is 11.3 Å². The van der Waals surface area contributed by atoms with Crippen molar-refractivity contribution in [1.82, 2.24) is 15.1 Å². The first-order valence-electron chi connectivity index (χ1n) is 7.25. The van der Waals surface area contributed by atoms with Crippen LogP contribution in [0.5, 0.6) is 0 Å². The van der Waals surface area contributed by atoms with Gasteiger partial charge in [0.25, 0.3) is 0 Å². The van der Waals surface area contributed by atoms with Gasteiger partial charge in [0.1, 0.15) is 0 Å². The minimum atomic E-state index is 0.270. The van der Waals surface area contributed by atoms with Gasteiger partial charge < -0.3 is 5.32 Å². The molecule has 2 rings (SSSR count). The van der Waals surface area contributed by atoms with Crippen LogP contribution in [0.3, 0.4) is 0 Å². The summed E-state index contributed by atoms with van der Waals surface area (Å²) in [7, 11) is 0. The molecule has 0 aliphatic rings.